The normalized spacial score (nSPS) is 14.1. The molecule has 0 saturated carbocycles. The van der Waals surface area contributed by atoms with Crippen molar-refractivity contribution in [1.82, 2.24) is 24.8 Å². The molecule has 1 N–H and O–H groups in total. The number of carbonyl (C=O) groups is 1. The average Bonchev–Trinajstić information content (AvgIpc) is 2.80. The Morgan fingerprint density at radius 1 is 1.10 bits per heavy atom. The number of hydrogen-bond acceptors (Lipinski definition) is 5. The molecule has 3 heterocycles. The Morgan fingerprint density at radius 3 is 2.55 bits per heavy atom. The molecule has 1 aromatic carbocycles. The molecule has 0 aliphatic carbocycles. The van der Waals surface area contributed by atoms with Gasteiger partial charge in [0, 0.05) is 38.9 Å². The van der Waals surface area contributed by atoms with Crippen LogP contribution in [0.4, 0.5) is 10.6 Å². The monoisotopic (exact) mass is 420 g/mol. The number of piperazine rings is 1. The molecular weight excluding hydrogens is 392 g/mol. The van der Waals surface area contributed by atoms with E-state index in [0.29, 0.717) is 56.3 Å². The Labute approximate surface area is 181 Å². The fourth-order valence-corrected chi connectivity index (χ4v) is 3.76. The van der Waals surface area contributed by atoms with E-state index in [1.165, 1.54) is 5.56 Å². The minimum Gasteiger partial charge on any atom is -0.348 e. The lowest BCUT2D eigenvalue weighted by Crippen LogP contribution is -2.53. The lowest BCUT2D eigenvalue weighted by molar-refractivity contribution is 0.194. The average molecular weight is 421 g/mol. The van der Waals surface area contributed by atoms with Gasteiger partial charge in [0.15, 0.2) is 11.5 Å². The summed E-state index contributed by atoms with van der Waals surface area (Å²) in [5.41, 5.74) is 3.32. The number of carbonyl (C=O) groups excluding carboxylic acids is 1. The fraction of sp³-hybridized carbons (Fsp3) is 0.391. The summed E-state index contributed by atoms with van der Waals surface area (Å²) in [5, 5.41) is 2.91. The van der Waals surface area contributed by atoms with Crippen molar-refractivity contribution >= 4 is 23.0 Å². The van der Waals surface area contributed by atoms with Gasteiger partial charge in [0.05, 0.1) is 6.54 Å². The molecule has 2 aromatic heterocycles. The van der Waals surface area contributed by atoms with E-state index in [1.54, 1.807) is 15.7 Å². The van der Waals surface area contributed by atoms with Crippen molar-refractivity contribution in [3.63, 3.8) is 0 Å². The first kappa shape index (κ1) is 20.8. The van der Waals surface area contributed by atoms with Crippen LogP contribution in [0.25, 0.3) is 11.2 Å². The van der Waals surface area contributed by atoms with Crippen LogP contribution in [-0.4, -0.2) is 58.2 Å². The third kappa shape index (κ3) is 4.52. The van der Waals surface area contributed by atoms with Crippen molar-refractivity contribution in [2.45, 2.75) is 26.8 Å². The number of nitrogens with one attached hydrogen (secondary N) is 1. The molecule has 0 spiro atoms. The topological polar surface area (TPSA) is 83.4 Å². The predicted octanol–water partition coefficient (Wildman–Crippen LogP) is 2.39. The number of urea groups is 1. The maximum absolute atomic E-state index is 13.4. The summed E-state index contributed by atoms with van der Waals surface area (Å²) in [7, 11) is 0. The summed E-state index contributed by atoms with van der Waals surface area (Å²) in [6, 6.07) is 11.8. The van der Waals surface area contributed by atoms with Crippen molar-refractivity contribution in [3.05, 3.63) is 64.1 Å². The number of anilines is 1. The molecule has 0 bridgehead atoms. The van der Waals surface area contributed by atoms with Crippen LogP contribution in [0, 0.1) is 6.92 Å². The predicted molar refractivity (Wildman–Crippen MR) is 122 cm³/mol. The largest absolute Gasteiger partial charge is 0.348 e. The molecular formula is C23H28N6O2. The molecule has 2 amide bonds. The van der Waals surface area contributed by atoms with E-state index < -0.39 is 0 Å². The molecule has 8 nitrogen and oxygen atoms in total. The van der Waals surface area contributed by atoms with Crippen LogP contribution in [0.3, 0.4) is 0 Å². The molecule has 4 rings (SSSR count). The van der Waals surface area contributed by atoms with Crippen LogP contribution in [0.1, 0.15) is 24.5 Å². The number of aryl methyl sites for hydroxylation is 1. The van der Waals surface area contributed by atoms with Gasteiger partial charge < -0.3 is 15.1 Å². The zero-order chi connectivity index (χ0) is 21.8. The van der Waals surface area contributed by atoms with Crippen molar-refractivity contribution in [3.8, 4) is 0 Å². The van der Waals surface area contributed by atoms with E-state index in [0.717, 1.165) is 12.0 Å². The second kappa shape index (κ2) is 9.16. The number of aromatic nitrogens is 3. The van der Waals surface area contributed by atoms with E-state index >= 15 is 0 Å². The molecule has 1 fully saturated rings. The Hall–Kier alpha value is -3.42. The number of amides is 2. The van der Waals surface area contributed by atoms with Crippen LogP contribution >= 0.6 is 0 Å². The number of pyridine rings is 1. The van der Waals surface area contributed by atoms with Gasteiger partial charge in [-0.1, -0.05) is 36.8 Å². The van der Waals surface area contributed by atoms with Crippen molar-refractivity contribution in [2.75, 3.05) is 37.6 Å². The van der Waals surface area contributed by atoms with Crippen molar-refractivity contribution in [2.24, 2.45) is 0 Å². The van der Waals surface area contributed by atoms with Gasteiger partial charge >= 0.3 is 6.03 Å². The molecule has 1 aliphatic heterocycles. The van der Waals surface area contributed by atoms with E-state index in [9.17, 15) is 9.59 Å². The minimum absolute atomic E-state index is 0.0473. The molecule has 8 heteroatoms. The van der Waals surface area contributed by atoms with Gasteiger partial charge in [0.2, 0.25) is 0 Å². The minimum atomic E-state index is -0.157. The third-order valence-corrected chi connectivity index (χ3v) is 5.54. The molecule has 31 heavy (non-hydrogen) atoms. The summed E-state index contributed by atoms with van der Waals surface area (Å²) in [6.07, 6.45) is 2.59. The molecule has 1 saturated heterocycles. The summed E-state index contributed by atoms with van der Waals surface area (Å²) < 4.78 is 1.70. The highest BCUT2D eigenvalue weighted by atomic mass is 16.2. The maximum Gasteiger partial charge on any atom is 0.317 e. The lowest BCUT2D eigenvalue weighted by Gasteiger charge is -2.35. The molecule has 0 radical (unpaired) electrons. The summed E-state index contributed by atoms with van der Waals surface area (Å²) in [5.74, 6) is 0.418. The Balaban J connectivity index is 1.62. The Kier molecular flexibility index (Phi) is 6.16. The number of rotatable bonds is 5. The van der Waals surface area contributed by atoms with E-state index in [2.05, 4.69) is 15.3 Å². The van der Waals surface area contributed by atoms with Gasteiger partial charge in [0.25, 0.3) is 5.56 Å². The molecule has 0 unspecified atom stereocenters. The van der Waals surface area contributed by atoms with Gasteiger partial charge in [-0.2, -0.15) is 0 Å². The third-order valence-electron chi connectivity index (χ3n) is 5.54. The zero-order valence-corrected chi connectivity index (χ0v) is 18.0. The number of hydrogen-bond donors (Lipinski definition) is 1. The number of nitrogens with zero attached hydrogens (tertiary/aromatic N) is 5. The van der Waals surface area contributed by atoms with Crippen LogP contribution in [0.2, 0.25) is 0 Å². The molecule has 162 valence electrons. The van der Waals surface area contributed by atoms with Crippen LogP contribution < -0.4 is 15.8 Å². The first-order valence-electron chi connectivity index (χ1n) is 10.8. The summed E-state index contributed by atoms with van der Waals surface area (Å²) in [4.78, 5) is 38.5. The first-order valence-corrected chi connectivity index (χ1v) is 10.8. The number of benzene rings is 1. The molecule has 3 aromatic rings. The summed E-state index contributed by atoms with van der Waals surface area (Å²) in [6.45, 7) is 7.42. The maximum atomic E-state index is 13.4. The highest BCUT2D eigenvalue weighted by Gasteiger charge is 2.25. The van der Waals surface area contributed by atoms with Crippen LogP contribution in [0.15, 0.2) is 47.4 Å². The van der Waals surface area contributed by atoms with Crippen molar-refractivity contribution < 1.29 is 4.79 Å². The second-order valence-electron chi connectivity index (χ2n) is 7.86. The van der Waals surface area contributed by atoms with Crippen LogP contribution in [-0.2, 0) is 6.54 Å². The highest BCUT2D eigenvalue weighted by Crippen LogP contribution is 2.16. The van der Waals surface area contributed by atoms with Gasteiger partial charge in [-0.25, -0.2) is 14.8 Å². The SMILES string of the molecule is CCCNC(=O)N1CCN(c2nc3cccnc3n(Cc3ccc(C)cc3)c2=O)CC1. The Morgan fingerprint density at radius 2 is 1.84 bits per heavy atom. The number of fused-ring (bicyclic) bond motifs is 1. The fourth-order valence-electron chi connectivity index (χ4n) is 3.76. The van der Waals surface area contributed by atoms with E-state index in [-0.39, 0.29) is 11.6 Å². The van der Waals surface area contributed by atoms with Gasteiger partial charge in [-0.05, 0) is 31.0 Å². The van der Waals surface area contributed by atoms with E-state index in [1.807, 2.05) is 55.1 Å². The van der Waals surface area contributed by atoms with Gasteiger partial charge in [0.1, 0.15) is 5.52 Å². The quantitative estimate of drug-likeness (QED) is 0.685. The lowest BCUT2D eigenvalue weighted by atomic mass is 10.1. The second-order valence-corrected chi connectivity index (χ2v) is 7.86. The smallest absolute Gasteiger partial charge is 0.317 e. The standard InChI is InChI=1S/C23H28N6O2/c1-3-10-25-23(31)28-14-12-27(13-15-28)21-22(30)29(16-18-8-6-17(2)7-9-18)20-19(26-21)5-4-11-24-20/h4-9,11H,3,10,12-16H2,1-2H3,(H,25,31). The molecule has 1 aliphatic rings. The van der Waals surface area contributed by atoms with Crippen LogP contribution in [0.5, 0.6) is 0 Å². The molecule has 0 atom stereocenters. The van der Waals surface area contributed by atoms with E-state index in [4.69, 9.17) is 0 Å². The Bertz CT molecular complexity index is 1120. The van der Waals surface area contributed by atoms with Gasteiger partial charge in [-0.3, -0.25) is 9.36 Å². The van der Waals surface area contributed by atoms with Crippen molar-refractivity contribution in [1.29, 1.82) is 0 Å². The van der Waals surface area contributed by atoms with Gasteiger partial charge in [-0.15, -0.1) is 0 Å². The highest BCUT2D eigenvalue weighted by molar-refractivity contribution is 5.75. The zero-order valence-electron chi connectivity index (χ0n) is 18.0. The first-order chi connectivity index (χ1) is 15.1. The summed E-state index contributed by atoms with van der Waals surface area (Å²) >= 11 is 0.